The highest BCUT2D eigenvalue weighted by Gasteiger charge is 2.34. The second-order valence-corrected chi connectivity index (χ2v) is 8.54. The first kappa shape index (κ1) is 18.2. The van der Waals surface area contributed by atoms with Gasteiger partial charge in [-0.2, -0.15) is 0 Å². The number of piperidine rings is 1. The second-order valence-electron chi connectivity index (χ2n) is 7.31. The molecular weight excluding hydrogens is 360 g/mol. The van der Waals surface area contributed by atoms with Gasteiger partial charge < -0.3 is 15.1 Å². The SMILES string of the molecule is Cc1nc(Nc2ncc(C)s2)cc(C2CCCN2C(=O)N2CCCCC2)n1. The van der Waals surface area contributed by atoms with Crippen LogP contribution in [0, 0.1) is 13.8 Å². The Morgan fingerprint density at radius 2 is 1.96 bits per heavy atom. The molecule has 8 heteroatoms. The molecule has 2 fully saturated rings. The molecule has 0 saturated carbocycles. The molecule has 4 heterocycles. The smallest absolute Gasteiger partial charge is 0.320 e. The number of thiazole rings is 1. The van der Waals surface area contributed by atoms with E-state index >= 15 is 0 Å². The molecule has 0 aliphatic carbocycles. The molecule has 0 radical (unpaired) electrons. The fourth-order valence-electron chi connectivity index (χ4n) is 3.92. The van der Waals surface area contributed by atoms with Gasteiger partial charge in [0.2, 0.25) is 0 Å². The number of hydrogen-bond donors (Lipinski definition) is 1. The highest BCUT2D eigenvalue weighted by atomic mass is 32.1. The predicted molar refractivity (Wildman–Crippen MR) is 106 cm³/mol. The minimum Gasteiger partial charge on any atom is -0.325 e. The summed E-state index contributed by atoms with van der Waals surface area (Å²) in [5, 5.41) is 4.10. The Bertz CT molecular complexity index is 816. The molecule has 0 spiro atoms. The van der Waals surface area contributed by atoms with Crippen molar-refractivity contribution in [2.45, 2.75) is 52.0 Å². The van der Waals surface area contributed by atoms with Crippen molar-refractivity contribution in [3.63, 3.8) is 0 Å². The van der Waals surface area contributed by atoms with Crippen LogP contribution in [-0.4, -0.2) is 50.4 Å². The summed E-state index contributed by atoms with van der Waals surface area (Å²) in [4.78, 5) is 31.7. The maximum atomic E-state index is 13.0. The molecule has 2 aromatic rings. The van der Waals surface area contributed by atoms with Crippen molar-refractivity contribution in [2.24, 2.45) is 0 Å². The molecule has 0 bridgehead atoms. The van der Waals surface area contributed by atoms with Crippen LogP contribution in [0.5, 0.6) is 0 Å². The van der Waals surface area contributed by atoms with Crippen molar-refractivity contribution >= 4 is 28.3 Å². The van der Waals surface area contributed by atoms with Crippen LogP contribution in [0.15, 0.2) is 12.3 Å². The zero-order valence-electron chi connectivity index (χ0n) is 15.9. The van der Waals surface area contributed by atoms with E-state index in [-0.39, 0.29) is 12.1 Å². The third-order valence-corrected chi connectivity index (χ3v) is 6.01. The van der Waals surface area contributed by atoms with Crippen LogP contribution in [0.3, 0.4) is 0 Å². The van der Waals surface area contributed by atoms with E-state index in [1.54, 1.807) is 11.3 Å². The molecule has 1 N–H and O–H groups in total. The third-order valence-electron chi connectivity index (χ3n) is 5.18. The summed E-state index contributed by atoms with van der Waals surface area (Å²) in [6.45, 7) is 6.48. The first-order chi connectivity index (χ1) is 13.1. The zero-order chi connectivity index (χ0) is 18.8. The lowest BCUT2D eigenvalue weighted by molar-refractivity contribution is 0.138. The lowest BCUT2D eigenvalue weighted by Gasteiger charge is -2.33. The van der Waals surface area contributed by atoms with Gasteiger partial charge in [-0.15, -0.1) is 11.3 Å². The van der Waals surface area contributed by atoms with Gasteiger partial charge in [-0.25, -0.2) is 19.7 Å². The third kappa shape index (κ3) is 4.05. The van der Waals surface area contributed by atoms with Gasteiger partial charge in [0.1, 0.15) is 11.6 Å². The normalized spacial score (nSPS) is 20.1. The van der Waals surface area contributed by atoms with E-state index in [9.17, 15) is 4.79 Å². The summed E-state index contributed by atoms with van der Waals surface area (Å²) in [6, 6.07) is 2.16. The second kappa shape index (κ2) is 7.80. The van der Waals surface area contributed by atoms with Gasteiger partial charge in [-0.3, -0.25) is 0 Å². The number of carbonyl (C=O) groups excluding carboxylic acids is 1. The first-order valence-corrected chi connectivity index (χ1v) is 10.5. The van der Waals surface area contributed by atoms with Gasteiger partial charge in [0.15, 0.2) is 5.13 Å². The Balaban J connectivity index is 1.55. The molecule has 4 rings (SSSR count). The van der Waals surface area contributed by atoms with E-state index in [1.807, 2.05) is 35.9 Å². The van der Waals surface area contributed by atoms with E-state index < -0.39 is 0 Å². The van der Waals surface area contributed by atoms with Crippen molar-refractivity contribution in [1.82, 2.24) is 24.8 Å². The molecule has 144 valence electrons. The minimum atomic E-state index is 0.0275. The van der Waals surface area contributed by atoms with Gasteiger partial charge in [-0.05, 0) is 46.0 Å². The Kier molecular flexibility index (Phi) is 5.24. The van der Waals surface area contributed by atoms with Crippen LogP contribution in [0.1, 0.15) is 54.5 Å². The van der Waals surface area contributed by atoms with Gasteiger partial charge in [0, 0.05) is 36.8 Å². The van der Waals surface area contributed by atoms with Crippen molar-refractivity contribution in [3.8, 4) is 0 Å². The van der Waals surface area contributed by atoms with Gasteiger partial charge in [0.25, 0.3) is 0 Å². The largest absolute Gasteiger partial charge is 0.325 e. The van der Waals surface area contributed by atoms with Crippen LogP contribution in [0.25, 0.3) is 0 Å². The standard InChI is InChI=1S/C19H26N6OS/c1-13-12-20-18(27-13)23-17-11-15(21-14(2)22-17)16-7-6-10-25(16)19(26)24-8-4-3-5-9-24/h11-12,16H,3-10H2,1-2H3,(H,20,21,22,23). The number of likely N-dealkylation sites (tertiary alicyclic amines) is 2. The first-order valence-electron chi connectivity index (χ1n) is 9.71. The number of urea groups is 1. The van der Waals surface area contributed by atoms with Crippen molar-refractivity contribution in [3.05, 3.63) is 28.7 Å². The predicted octanol–water partition coefficient (Wildman–Crippen LogP) is 4.04. The Morgan fingerprint density at radius 3 is 2.70 bits per heavy atom. The molecule has 7 nitrogen and oxygen atoms in total. The lowest BCUT2D eigenvalue weighted by Crippen LogP contribution is -2.45. The minimum absolute atomic E-state index is 0.0275. The highest BCUT2D eigenvalue weighted by Crippen LogP contribution is 2.33. The number of aromatic nitrogens is 3. The van der Waals surface area contributed by atoms with Gasteiger partial charge >= 0.3 is 6.03 Å². The number of nitrogens with zero attached hydrogens (tertiary/aromatic N) is 5. The summed E-state index contributed by atoms with van der Waals surface area (Å²) in [5.41, 5.74) is 0.918. The van der Waals surface area contributed by atoms with E-state index in [4.69, 9.17) is 0 Å². The summed E-state index contributed by atoms with van der Waals surface area (Å²) in [5.74, 6) is 1.45. The summed E-state index contributed by atoms with van der Waals surface area (Å²) >= 11 is 1.60. The number of hydrogen-bond acceptors (Lipinski definition) is 6. The van der Waals surface area contributed by atoms with Crippen LogP contribution in [0.4, 0.5) is 15.7 Å². The van der Waals surface area contributed by atoms with E-state index in [0.29, 0.717) is 5.82 Å². The molecule has 2 amide bonds. The molecule has 2 aromatic heterocycles. The number of rotatable bonds is 3. The number of anilines is 2. The molecule has 2 aliphatic heterocycles. The lowest BCUT2D eigenvalue weighted by atomic mass is 10.1. The molecule has 2 saturated heterocycles. The fourth-order valence-corrected chi connectivity index (χ4v) is 4.59. The van der Waals surface area contributed by atoms with Gasteiger partial charge in [-0.1, -0.05) is 0 Å². The van der Waals surface area contributed by atoms with Crippen LogP contribution >= 0.6 is 11.3 Å². The maximum absolute atomic E-state index is 13.0. The van der Waals surface area contributed by atoms with E-state index in [2.05, 4.69) is 20.3 Å². The number of nitrogens with one attached hydrogen (secondary N) is 1. The van der Waals surface area contributed by atoms with E-state index in [1.165, 1.54) is 6.42 Å². The van der Waals surface area contributed by atoms with Crippen LogP contribution in [-0.2, 0) is 0 Å². The molecule has 1 atom stereocenters. The fraction of sp³-hybridized carbons (Fsp3) is 0.579. The highest BCUT2D eigenvalue weighted by molar-refractivity contribution is 7.15. The average molecular weight is 387 g/mol. The van der Waals surface area contributed by atoms with Crippen molar-refractivity contribution in [2.75, 3.05) is 25.0 Å². The molecule has 27 heavy (non-hydrogen) atoms. The maximum Gasteiger partial charge on any atom is 0.320 e. The Labute approximate surface area is 163 Å². The molecular formula is C19H26N6OS. The van der Waals surface area contributed by atoms with Crippen LogP contribution < -0.4 is 5.32 Å². The molecule has 1 unspecified atom stereocenters. The molecule has 2 aliphatic rings. The summed E-state index contributed by atoms with van der Waals surface area (Å²) in [7, 11) is 0. The number of amides is 2. The summed E-state index contributed by atoms with van der Waals surface area (Å²) < 4.78 is 0. The van der Waals surface area contributed by atoms with Gasteiger partial charge in [0.05, 0.1) is 11.7 Å². The van der Waals surface area contributed by atoms with Crippen molar-refractivity contribution in [1.29, 1.82) is 0 Å². The quantitative estimate of drug-likeness (QED) is 0.862. The number of carbonyl (C=O) groups is 1. The molecule has 0 aromatic carbocycles. The van der Waals surface area contributed by atoms with Crippen LogP contribution in [0.2, 0.25) is 0 Å². The number of aryl methyl sites for hydroxylation is 2. The van der Waals surface area contributed by atoms with Crippen molar-refractivity contribution < 1.29 is 4.79 Å². The zero-order valence-corrected chi connectivity index (χ0v) is 16.8. The Hall–Kier alpha value is -2.22. The van der Waals surface area contributed by atoms with E-state index in [0.717, 1.165) is 66.8 Å². The summed E-state index contributed by atoms with van der Waals surface area (Å²) in [6.07, 6.45) is 7.26. The average Bonchev–Trinajstić information content (AvgIpc) is 3.30. The Morgan fingerprint density at radius 1 is 1.15 bits per heavy atom. The monoisotopic (exact) mass is 386 g/mol. The topological polar surface area (TPSA) is 74.2 Å².